The lowest BCUT2D eigenvalue weighted by Gasteiger charge is -2.42. The zero-order valence-electron chi connectivity index (χ0n) is 32.8. The number of ether oxygens (including phenoxy) is 5. The molecule has 14 heteroatoms. The number of hydrogen-bond donors (Lipinski definition) is 2. The molecule has 0 aliphatic carbocycles. The summed E-state index contributed by atoms with van der Waals surface area (Å²) in [5, 5.41) is 14.5. The number of epoxide rings is 1. The molecule has 294 valence electrons. The van der Waals surface area contributed by atoms with E-state index in [1.54, 1.807) is 59.2 Å². The number of amides is 3. The van der Waals surface area contributed by atoms with Crippen molar-refractivity contribution < 1.29 is 48.0 Å². The second kappa shape index (κ2) is 16.4. The van der Waals surface area contributed by atoms with Gasteiger partial charge in [-0.2, -0.15) is 0 Å². The van der Waals surface area contributed by atoms with Gasteiger partial charge in [-0.05, 0) is 56.7 Å². The maximum Gasteiger partial charge on any atom is 0.409 e. The van der Waals surface area contributed by atoms with Crippen LogP contribution < -0.4 is 15.0 Å². The number of benzene rings is 1. The van der Waals surface area contributed by atoms with Crippen molar-refractivity contribution in [1.82, 2.24) is 10.2 Å². The predicted molar refractivity (Wildman–Crippen MR) is 200 cm³/mol. The lowest BCUT2D eigenvalue weighted by Crippen LogP contribution is -2.63. The minimum Gasteiger partial charge on any atom is -0.495 e. The molecule has 53 heavy (non-hydrogen) atoms. The van der Waals surface area contributed by atoms with Crippen LogP contribution >= 0.6 is 11.6 Å². The number of anilines is 1. The van der Waals surface area contributed by atoms with Gasteiger partial charge < -0.3 is 38.6 Å². The Bertz CT molecular complexity index is 1620. The average molecular weight is 762 g/mol. The molecule has 3 aliphatic heterocycles. The van der Waals surface area contributed by atoms with Gasteiger partial charge in [0.2, 0.25) is 11.8 Å². The lowest BCUT2D eigenvalue weighted by molar-refractivity contribution is -0.162. The van der Waals surface area contributed by atoms with Gasteiger partial charge in [0.05, 0.1) is 25.3 Å². The molecule has 1 unspecified atom stereocenters. The van der Waals surface area contributed by atoms with E-state index in [1.807, 2.05) is 33.8 Å². The highest BCUT2D eigenvalue weighted by atomic mass is 35.5. The molecule has 0 saturated carbocycles. The van der Waals surface area contributed by atoms with E-state index in [-0.39, 0.29) is 35.6 Å². The Hall–Kier alpha value is -3.65. The van der Waals surface area contributed by atoms with E-state index in [1.165, 1.54) is 24.0 Å². The van der Waals surface area contributed by atoms with Crippen molar-refractivity contribution in [2.75, 3.05) is 33.2 Å². The first kappa shape index (κ1) is 42.1. The highest BCUT2D eigenvalue weighted by Crippen LogP contribution is 2.49. The number of fused-ring (bicyclic) bond motifs is 5. The first-order valence-corrected chi connectivity index (χ1v) is 18.4. The van der Waals surface area contributed by atoms with Crippen LogP contribution in [0.25, 0.3) is 0 Å². The Labute approximate surface area is 317 Å². The third-order valence-electron chi connectivity index (χ3n) is 10.6. The van der Waals surface area contributed by atoms with E-state index in [2.05, 4.69) is 5.32 Å². The molecule has 1 aromatic rings. The number of nitrogens with zero attached hydrogens (tertiary/aromatic N) is 2. The monoisotopic (exact) mass is 761 g/mol. The maximum atomic E-state index is 14.1. The van der Waals surface area contributed by atoms with Crippen LogP contribution in [0.4, 0.5) is 10.5 Å². The summed E-state index contributed by atoms with van der Waals surface area (Å²) in [4.78, 5) is 56.6. The van der Waals surface area contributed by atoms with Crippen molar-refractivity contribution in [2.45, 2.75) is 122 Å². The Morgan fingerprint density at radius 3 is 2.53 bits per heavy atom. The number of rotatable bonds is 7. The number of nitrogens with one attached hydrogen (secondary N) is 1. The molecule has 13 nitrogen and oxygen atoms in total. The SMILES string of the molecule is COc1cc2cc(c1Cl)N(C)C(=O)C[C@H](OC(=O)[C@H](C)N(C)C(=O)CCC(C)(C)C)C1(C)O[C@H]1[C@H](C)[C@@H]1C[C@@](O)(NC(=O)O1)[C@H](OC)/C=C/C=C(\C)C2. The summed E-state index contributed by atoms with van der Waals surface area (Å²) in [5.41, 5.74) is -0.957. The Balaban J connectivity index is 1.74. The van der Waals surface area contributed by atoms with Crippen LogP contribution in [-0.4, -0.2) is 104 Å². The largest absolute Gasteiger partial charge is 0.495 e. The fourth-order valence-corrected chi connectivity index (χ4v) is 7.19. The number of carbonyl (C=O) groups is 4. The van der Waals surface area contributed by atoms with Crippen molar-refractivity contribution in [1.29, 1.82) is 0 Å². The fourth-order valence-electron chi connectivity index (χ4n) is 6.88. The smallest absolute Gasteiger partial charge is 0.409 e. The van der Waals surface area contributed by atoms with Crippen LogP contribution in [0.1, 0.15) is 79.7 Å². The number of esters is 1. The topological polar surface area (TPSA) is 156 Å². The van der Waals surface area contributed by atoms with Gasteiger partial charge in [0.25, 0.3) is 0 Å². The third-order valence-corrected chi connectivity index (χ3v) is 11.0. The van der Waals surface area contributed by atoms with Crippen LogP contribution in [0.2, 0.25) is 5.02 Å². The zero-order valence-corrected chi connectivity index (χ0v) is 33.5. The standard InChI is InChI=1S/C39H56ClN3O10/c1-22-13-12-14-29(50-11)39(48)21-28(51-36(47)41-39)23(2)34-38(7,53-34)30(52-35(46)24(3)42(8)31(44)15-16-37(4,5)6)20-32(45)43(9)26-18-25(17-22)19-27(49-10)33(26)40/h12-14,18-19,23-24,28-30,34,48H,15-17,20-21H2,1-11H3,(H,41,47)/b14-12+,22-13+/t23-,24+,28+,29-,30+,34+,38?,39+/m1/s1. The van der Waals surface area contributed by atoms with E-state index in [4.69, 9.17) is 35.3 Å². The van der Waals surface area contributed by atoms with Crippen LogP contribution in [0.3, 0.4) is 0 Å². The van der Waals surface area contributed by atoms with Crippen LogP contribution in [0.5, 0.6) is 5.75 Å². The maximum absolute atomic E-state index is 14.1. The number of halogens is 1. The summed E-state index contributed by atoms with van der Waals surface area (Å²) in [7, 11) is 6.06. The van der Waals surface area contributed by atoms with Crippen LogP contribution in [0.15, 0.2) is 35.9 Å². The summed E-state index contributed by atoms with van der Waals surface area (Å²) >= 11 is 6.76. The van der Waals surface area contributed by atoms with Gasteiger partial charge in [-0.1, -0.05) is 63.1 Å². The highest BCUT2D eigenvalue weighted by Gasteiger charge is 2.64. The molecular weight excluding hydrogens is 706 g/mol. The van der Waals surface area contributed by atoms with Crippen molar-refractivity contribution in [3.63, 3.8) is 0 Å². The number of likely N-dealkylation sites (N-methyl/N-ethyl adjacent to an activating group) is 1. The van der Waals surface area contributed by atoms with Crippen molar-refractivity contribution >= 4 is 41.2 Å². The minimum absolute atomic E-state index is 0.0455. The molecular formula is C39H56ClN3O10. The minimum atomic E-state index is -1.82. The molecule has 3 heterocycles. The first-order valence-electron chi connectivity index (χ1n) is 18.0. The number of carbonyl (C=O) groups excluding carboxylic acids is 4. The van der Waals surface area contributed by atoms with Gasteiger partial charge in [0.15, 0.2) is 5.72 Å². The summed E-state index contributed by atoms with van der Waals surface area (Å²) < 4.78 is 29.3. The number of aliphatic hydroxyl groups is 1. The van der Waals surface area contributed by atoms with Gasteiger partial charge in [-0.3, -0.25) is 14.9 Å². The van der Waals surface area contributed by atoms with Gasteiger partial charge >= 0.3 is 12.1 Å². The molecule has 3 aliphatic rings. The summed E-state index contributed by atoms with van der Waals surface area (Å²) in [6.07, 6.45) is 1.89. The molecule has 0 aromatic heterocycles. The predicted octanol–water partition coefficient (Wildman–Crippen LogP) is 5.34. The molecule has 0 spiro atoms. The van der Waals surface area contributed by atoms with Gasteiger partial charge in [-0.15, -0.1) is 0 Å². The Morgan fingerprint density at radius 2 is 1.91 bits per heavy atom. The summed E-state index contributed by atoms with van der Waals surface area (Å²) in [6, 6.07) is 2.63. The Morgan fingerprint density at radius 1 is 1.23 bits per heavy atom. The second-order valence-electron chi connectivity index (χ2n) is 16.0. The molecule has 0 radical (unpaired) electrons. The third kappa shape index (κ3) is 9.72. The van der Waals surface area contributed by atoms with E-state index < -0.39 is 65.7 Å². The van der Waals surface area contributed by atoms with Crippen molar-refractivity contribution in [3.8, 4) is 5.75 Å². The molecule has 2 fully saturated rings. The number of allylic oxidation sites excluding steroid dienone is 3. The van der Waals surface area contributed by atoms with Gasteiger partial charge in [-0.25, -0.2) is 9.59 Å². The number of methoxy groups -OCH3 is 2. The van der Waals surface area contributed by atoms with E-state index in [0.717, 1.165) is 11.1 Å². The first-order chi connectivity index (χ1) is 24.6. The Kier molecular flexibility index (Phi) is 13.0. The quantitative estimate of drug-likeness (QED) is 0.275. The average Bonchev–Trinajstić information content (AvgIpc) is 3.78. The van der Waals surface area contributed by atoms with Gasteiger partial charge in [0.1, 0.15) is 40.7 Å². The highest BCUT2D eigenvalue weighted by molar-refractivity contribution is 6.35. The summed E-state index contributed by atoms with van der Waals surface area (Å²) in [5.74, 6) is -1.49. The normalized spacial score (nSPS) is 31.5. The van der Waals surface area contributed by atoms with Crippen LogP contribution in [0, 0.1) is 11.3 Å². The fraction of sp³-hybridized carbons (Fsp3) is 0.641. The number of alkyl carbamates (subject to hydrolysis) is 1. The summed E-state index contributed by atoms with van der Waals surface area (Å²) in [6.45, 7) is 13.2. The van der Waals surface area contributed by atoms with E-state index >= 15 is 0 Å². The van der Waals surface area contributed by atoms with Crippen molar-refractivity contribution in [2.24, 2.45) is 11.3 Å². The number of hydrogen-bond acceptors (Lipinski definition) is 10. The zero-order chi connectivity index (χ0) is 39.6. The molecule has 1 aromatic carbocycles. The molecule has 2 saturated heterocycles. The molecule has 8 atom stereocenters. The van der Waals surface area contributed by atoms with Crippen LogP contribution in [-0.2, 0) is 39.8 Å². The molecule has 4 rings (SSSR count). The lowest BCUT2D eigenvalue weighted by atomic mass is 9.83. The molecule has 4 bridgehead atoms. The second-order valence-corrected chi connectivity index (χ2v) is 16.3. The molecule has 2 N–H and O–H groups in total. The molecule has 3 amide bonds. The van der Waals surface area contributed by atoms with Crippen molar-refractivity contribution in [3.05, 3.63) is 46.5 Å². The van der Waals surface area contributed by atoms with E-state index in [9.17, 15) is 24.3 Å². The van der Waals surface area contributed by atoms with E-state index in [0.29, 0.717) is 24.3 Å². The van der Waals surface area contributed by atoms with Gasteiger partial charge in [0, 0.05) is 40.0 Å².